The van der Waals surface area contributed by atoms with Crippen LogP contribution in [-0.4, -0.2) is 47.3 Å². The van der Waals surface area contributed by atoms with Gasteiger partial charge in [0.15, 0.2) is 0 Å². The highest BCUT2D eigenvalue weighted by Gasteiger charge is 2.43. The molecule has 1 aromatic heterocycles. The molecule has 2 heterocycles. The molecule has 2 fully saturated rings. The number of hydrogen-bond donors (Lipinski definition) is 0. The summed E-state index contributed by atoms with van der Waals surface area (Å²) < 4.78 is 34.6. The van der Waals surface area contributed by atoms with E-state index < -0.39 is 10.0 Å². The Morgan fingerprint density at radius 3 is 2.73 bits per heavy atom. The summed E-state index contributed by atoms with van der Waals surface area (Å²) in [6.45, 7) is 2.32. The predicted octanol–water partition coefficient (Wildman–Crippen LogP) is 1.24. The van der Waals surface area contributed by atoms with Gasteiger partial charge >= 0.3 is 0 Å². The number of imidazole rings is 1. The van der Waals surface area contributed by atoms with Crippen LogP contribution in [0, 0.1) is 5.92 Å². The number of aryl methyl sites for hydroxylation is 1. The van der Waals surface area contributed by atoms with Gasteiger partial charge in [0.2, 0.25) is 10.0 Å². The number of hydrogen-bond acceptors (Lipinski definition) is 4. The molecule has 2 aliphatic carbocycles. The minimum absolute atomic E-state index is 0.0866. The maximum atomic E-state index is 12.6. The molecule has 1 atom stereocenters. The van der Waals surface area contributed by atoms with Crippen molar-refractivity contribution in [1.29, 1.82) is 0 Å². The predicted molar refractivity (Wildman–Crippen MR) is 81.8 cm³/mol. The molecular weight excluding hydrogens is 302 g/mol. The molecular formula is C15H23N3O3S. The number of aromatic nitrogens is 2. The minimum Gasteiger partial charge on any atom is -0.380 e. The number of fused-ring (bicyclic) bond motifs is 1. The van der Waals surface area contributed by atoms with Crippen molar-refractivity contribution in [2.24, 2.45) is 13.0 Å². The molecule has 1 aromatic rings. The zero-order chi connectivity index (χ0) is 15.3. The van der Waals surface area contributed by atoms with Crippen LogP contribution in [0.2, 0.25) is 0 Å². The molecule has 0 unspecified atom stereocenters. The molecule has 0 radical (unpaired) electrons. The molecule has 0 aromatic carbocycles. The molecule has 2 saturated carbocycles. The van der Waals surface area contributed by atoms with Crippen molar-refractivity contribution < 1.29 is 13.2 Å². The van der Waals surface area contributed by atoms with Crippen molar-refractivity contribution >= 4 is 10.0 Å². The molecule has 4 rings (SSSR count). The van der Waals surface area contributed by atoms with E-state index in [0.717, 1.165) is 36.8 Å². The summed E-state index contributed by atoms with van der Waals surface area (Å²) >= 11 is 0. The third-order valence-corrected chi connectivity index (χ3v) is 7.19. The Labute approximate surface area is 131 Å². The normalized spacial score (nSPS) is 26.1. The van der Waals surface area contributed by atoms with Crippen LogP contribution in [0.1, 0.15) is 43.0 Å². The van der Waals surface area contributed by atoms with E-state index in [9.17, 15) is 8.42 Å². The van der Waals surface area contributed by atoms with Crippen LogP contribution in [0.15, 0.2) is 6.33 Å². The summed E-state index contributed by atoms with van der Waals surface area (Å²) in [6.07, 6.45) is 5.92. The van der Waals surface area contributed by atoms with E-state index in [1.807, 2.05) is 11.6 Å². The van der Waals surface area contributed by atoms with Crippen molar-refractivity contribution in [2.75, 3.05) is 19.8 Å². The Kier molecular flexibility index (Phi) is 3.54. The van der Waals surface area contributed by atoms with Gasteiger partial charge in [0.25, 0.3) is 0 Å². The first-order valence-electron chi connectivity index (χ1n) is 8.12. The lowest BCUT2D eigenvalue weighted by Crippen LogP contribution is -2.41. The van der Waals surface area contributed by atoms with Crippen molar-refractivity contribution in [3.05, 3.63) is 17.7 Å². The summed E-state index contributed by atoms with van der Waals surface area (Å²) in [5.74, 6) is 0.810. The molecule has 6 nitrogen and oxygen atoms in total. The Balaban J connectivity index is 1.53. The van der Waals surface area contributed by atoms with Gasteiger partial charge in [-0.2, -0.15) is 4.31 Å². The van der Waals surface area contributed by atoms with Gasteiger partial charge in [0.05, 0.1) is 30.4 Å². The van der Waals surface area contributed by atoms with Crippen molar-refractivity contribution in [3.63, 3.8) is 0 Å². The number of sulfonamides is 1. The van der Waals surface area contributed by atoms with E-state index >= 15 is 0 Å². The van der Waals surface area contributed by atoms with Crippen LogP contribution >= 0.6 is 0 Å². The Morgan fingerprint density at radius 1 is 1.27 bits per heavy atom. The quantitative estimate of drug-likeness (QED) is 0.789. The van der Waals surface area contributed by atoms with Crippen molar-refractivity contribution in [1.82, 2.24) is 13.9 Å². The first-order chi connectivity index (χ1) is 10.6. The molecule has 0 bridgehead atoms. The zero-order valence-corrected chi connectivity index (χ0v) is 13.8. The molecule has 22 heavy (non-hydrogen) atoms. The number of ether oxygens (including phenoxy) is 1. The second kappa shape index (κ2) is 5.32. The maximum Gasteiger partial charge on any atom is 0.217 e. The number of nitrogens with zero attached hydrogens (tertiary/aromatic N) is 3. The largest absolute Gasteiger partial charge is 0.380 e. The fourth-order valence-corrected chi connectivity index (χ4v) is 5.10. The summed E-state index contributed by atoms with van der Waals surface area (Å²) in [5.41, 5.74) is 2.02. The SMILES string of the molecule is Cn1cnc2c1[C@@H](COCC1CC1)CN(S(=O)(=O)C1CC1)C2. The highest BCUT2D eigenvalue weighted by atomic mass is 32.2. The molecule has 122 valence electrons. The summed E-state index contributed by atoms with van der Waals surface area (Å²) in [5, 5.41) is -0.161. The van der Waals surface area contributed by atoms with E-state index in [-0.39, 0.29) is 11.2 Å². The van der Waals surface area contributed by atoms with Gasteiger partial charge in [-0.05, 0) is 31.6 Å². The summed E-state index contributed by atoms with van der Waals surface area (Å²) in [6, 6.07) is 0. The van der Waals surface area contributed by atoms with Crippen LogP contribution in [0.4, 0.5) is 0 Å². The Bertz CT molecular complexity index is 662. The monoisotopic (exact) mass is 325 g/mol. The Morgan fingerprint density at radius 2 is 2.05 bits per heavy atom. The molecule has 0 spiro atoms. The van der Waals surface area contributed by atoms with Crippen LogP contribution in [0.25, 0.3) is 0 Å². The maximum absolute atomic E-state index is 12.6. The molecule has 0 saturated heterocycles. The average molecular weight is 325 g/mol. The third-order valence-electron chi connectivity index (χ3n) is 4.87. The highest BCUT2D eigenvalue weighted by molar-refractivity contribution is 7.90. The fraction of sp³-hybridized carbons (Fsp3) is 0.800. The smallest absolute Gasteiger partial charge is 0.217 e. The molecule has 7 heteroatoms. The second-order valence-corrected chi connectivity index (χ2v) is 9.11. The van der Waals surface area contributed by atoms with Gasteiger partial charge in [-0.1, -0.05) is 0 Å². The van der Waals surface area contributed by atoms with E-state index in [1.165, 1.54) is 12.8 Å². The Hall–Kier alpha value is -0.920. The van der Waals surface area contributed by atoms with Crippen LogP contribution in [0.5, 0.6) is 0 Å². The van der Waals surface area contributed by atoms with E-state index in [1.54, 1.807) is 10.6 Å². The van der Waals surface area contributed by atoms with Gasteiger partial charge in [-0.25, -0.2) is 13.4 Å². The van der Waals surface area contributed by atoms with E-state index in [0.29, 0.717) is 19.7 Å². The topological polar surface area (TPSA) is 64.4 Å². The average Bonchev–Trinajstić information content (AvgIpc) is 3.37. The first-order valence-corrected chi connectivity index (χ1v) is 9.63. The van der Waals surface area contributed by atoms with Gasteiger partial charge < -0.3 is 9.30 Å². The van der Waals surface area contributed by atoms with Crippen molar-refractivity contribution in [3.8, 4) is 0 Å². The van der Waals surface area contributed by atoms with Gasteiger partial charge in [0.1, 0.15) is 0 Å². The van der Waals surface area contributed by atoms with E-state index in [4.69, 9.17) is 4.74 Å². The van der Waals surface area contributed by atoms with Gasteiger partial charge in [0, 0.05) is 31.8 Å². The second-order valence-electron chi connectivity index (χ2n) is 6.90. The van der Waals surface area contributed by atoms with Crippen LogP contribution in [0.3, 0.4) is 0 Å². The third kappa shape index (κ3) is 2.70. The van der Waals surface area contributed by atoms with Gasteiger partial charge in [-0.3, -0.25) is 0 Å². The summed E-state index contributed by atoms with van der Waals surface area (Å²) in [4.78, 5) is 4.41. The molecule has 0 amide bonds. The lowest BCUT2D eigenvalue weighted by Gasteiger charge is -2.32. The van der Waals surface area contributed by atoms with Crippen molar-refractivity contribution in [2.45, 2.75) is 43.4 Å². The lowest BCUT2D eigenvalue weighted by molar-refractivity contribution is 0.0998. The molecule has 1 aliphatic heterocycles. The standard InChI is InChI=1S/C15H23N3O3S/c1-17-10-16-14-7-18(22(19,20)13-4-5-13)6-12(15(14)17)9-21-8-11-2-3-11/h10-13H,2-9H2,1H3/t12-/m1/s1. The zero-order valence-electron chi connectivity index (χ0n) is 12.9. The lowest BCUT2D eigenvalue weighted by atomic mass is 10.0. The highest BCUT2D eigenvalue weighted by Crippen LogP contribution is 2.36. The first kappa shape index (κ1) is 14.7. The number of rotatable bonds is 6. The molecule has 0 N–H and O–H groups in total. The minimum atomic E-state index is -3.16. The summed E-state index contributed by atoms with van der Waals surface area (Å²) in [7, 11) is -1.18. The van der Waals surface area contributed by atoms with Crippen LogP contribution in [-0.2, 0) is 28.4 Å². The van der Waals surface area contributed by atoms with Gasteiger partial charge in [-0.15, -0.1) is 0 Å². The molecule has 3 aliphatic rings. The van der Waals surface area contributed by atoms with E-state index in [2.05, 4.69) is 4.98 Å². The van der Waals surface area contributed by atoms with Crippen LogP contribution < -0.4 is 0 Å². The fourth-order valence-electron chi connectivity index (χ4n) is 3.26.